The van der Waals surface area contributed by atoms with Crippen molar-refractivity contribution in [2.45, 2.75) is 37.1 Å². The van der Waals surface area contributed by atoms with Gasteiger partial charge in [0, 0.05) is 43.8 Å². The first-order valence-electron chi connectivity index (χ1n) is 28.8. The Morgan fingerprint density at radius 3 is 1.65 bits per heavy atom. The van der Waals surface area contributed by atoms with Gasteiger partial charge in [-0.3, -0.25) is 9.52 Å². The van der Waals surface area contributed by atoms with E-state index < -0.39 is 11.0 Å². The van der Waals surface area contributed by atoms with E-state index in [0.29, 0.717) is 192 Å². The number of piperidine rings is 1. The second-order valence-electron chi connectivity index (χ2n) is 19.0. The molecule has 1 atom stereocenters. The van der Waals surface area contributed by atoms with E-state index in [2.05, 4.69) is 61.9 Å². The maximum Gasteiger partial charge on any atom is 0.224 e. The van der Waals surface area contributed by atoms with Crippen LogP contribution in [0.3, 0.4) is 0 Å². The first kappa shape index (κ1) is 67.8. The van der Waals surface area contributed by atoms with Crippen LogP contribution in [-0.4, -0.2) is 203 Å². The largest absolute Gasteiger partial charge is 0.455 e. The molecule has 5 aromatic rings. The molecule has 460 valence electrons. The van der Waals surface area contributed by atoms with Crippen LogP contribution in [0.4, 0.5) is 5.13 Å². The van der Waals surface area contributed by atoms with E-state index >= 15 is 0 Å². The minimum Gasteiger partial charge on any atom is -0.455 e. The van der Waals surface area contributed by atoms with Crippen molar-refractivity contribution in [2.24, 2.45) is 5.92 Å². The standard InChI is InChI=1S/C61H84N6O15S2/c1-70-22-23-72-26-27-74-30-31-76-34-35-78-38-39-80-42-43-81-41-40-79-37-36-77-33-32-75-29-28-73-25-24-71-21-17-60(68)67-19-15-50(16-20-67)14-18-63-48-51-6-5-9-54(44-51)57-46-53(52-7-3-2-4-8-52)10-12-59(57)82-58-13-11-56(45-55(58)47-62)84(69)66-61-64-49-65-83-61/h2-13,44-46,49-50,63H,14-43,48H2,1H3,(H,64,65,66). The maximum atomic E-state index is 13.0. The van der Waals surface area contributed by atoms with Crippen LogP contribution in [0.15, 0.2) is 102 Å². The average molecular weight is 1210 g/mol. The molecular formula is C61H84N6O15S2. The highest BCUT2D eigenvalue weighted by Crippen LogP contribution is 2.38. The first-order valence-corrected chi connectivity index (χ1v) is 30.7. The molecule has 0 radical (unpaired) electrons. The number of nitriles is 1. The Kier molecular flexibility index (Phi) is 34.9. The number of benzene rings is 4. The molecule has 0 spiro atoms. The highest BCUT2D eigenvalue weighted by atomic mass is 32.2. The van der Waals surface area contributed by atoms with Crippen molar-refractivity contribution in [1.82, 2.24) is 19.6 Å². The lowest BCUT2D eigenvalue weighted by atomic mass is 9.93. The molecule has 1 aliphatic heterocycles. The van der Waals surface area contributed by atoms with E-state index in [0.717, 1.165) is 78.2 Å². The summed E-state index contributed by atoms with van der Waals surface area (Å²) in [4.78, 5) is 19.4. The van der Waals surface area contributed by atoms with E-state index in [4.69, 9.17) is 61.6 Å². The lowest BCUT2D eigenvalue weighted by Gasteiger charge is -2.32. The molecule has 6 rings (SSSR count). The number of aromatic nitrogens is 2. The van der Waals surface area contributed by atoms with Crippen molar-refractivity contribution in [2.75, 3.05) is 183 Å². The van der Waals surface area contributed by atoms with Gasteiger partial charge in [0.15, 0.2) is 11.0 Å². The number of rotatable bonds is 48. The quantitative estimate of drug-likeness (QED) is 0.0357. The number of anilines is 1. The minimum absolute atomic E-state index is 0.131. The molecule has 1 saturated heterocycles. The van der Waals surface area contributed by atoms with Crippen LogP contribution < -0.4 is 14.8 Å². The molecular weight excluding hydrogens is 1120 g/mol. The van der Waals surface area contributed by atoms with Crippen LogP contribution in [0, 0.1) is 17.2 Å². The fraction of sp³-hybridized carbons (Fsp3) is 0.541. The predicted molar refractivity (Wildman–Crippen MR) is 320 cm³/mol. The Hall–Kier alpha value is -5.37. The van der Waals surface area contributed by atoms with E-state index in [1.807, 2.05) is 41.3 Å². The molecule has 84 heavy (non-hydrogen) atoms. The number of carbonyl (C=O) groups is 1. The molecule has 0 aliphatic carbocycles. The van der Waals surface area contributed by atoms with Gasteiger partial charge in [-0.15, -0.1) is 0 Å². The van der Waals surface area contributed by atoms with E-state index in [9.17, 15) is 14.3 Å². The summed E-state index contributed by atoms with van der Waals surface area (Å²) in [5.41, 5.74) is 5.32. The van der Waals surface area contributed by atoms with Gasteiger partial charge in [0.2, 0.25) is 11.0 Å². The Morgan fingerprint density at radius 2 is 1.13 bits per heavy atom. The number of methoxy groups -OCH3 is 1. The van der Waals surface area contributed by atoms with E-state index in [-0.39, 0.29) is 11.5 Å². The zero-order chi connectivity index (χ0) is 58.8. The van der Waals surface area contributed by atoms with E-state index in [1.165, 1.54) is 6.33 Å². The van der Waals surface area contributed by atoms with Crippen molar-refractivity contribution in [1.29, 1.82) is 5.26 Å². The Balaban J connectivity index is 0.725. The highest BCUT2D eigenvalue weighted by molar-refractivity contribution is 7.86. The fourth-order valence-electron chi connectivity index (χ4n) is 8.55. The zero-order valence-electron chi connectivity index (χ0n) is 48.5. The number of carbonyl (C=O) groups excluding carboxylic acids is 1. The Bertz CT molecular complexity index is 2600. The Morgan fingerprint density at radius 1 is 0.607 bits per heavy atom. The summed E-state index contributed by atoms with van der Waals surface area (Å²) in [6.07, 6.45) is 4.73. The minimum atomic E-state index is -1.64. The SMILES string of the molecule is COCCOCCOCCOCCOCCOCCOCCOCCOCCOCCOCCOCCC(=O)N1CCC(CCNCc2cccc(-c3cc(-c4ccccc4)ccc3Oc3ccc(S(=O)Nc4ncns4)cc3C#N)c2)CC1. The smallest absolute Gasteiger partial charge is 0.224 e. The third-order valence-corrected chi connectivity index (χ3v) is 14.8. The van der Waals surface area contributed by atoms with E-state index in [1.54, 1.807) is 25.3 Å². The highest BCUT2D eigenvalue weighted by Gasteiger charge is 2.23. The van der Waals surface area contributed by atoms with Crippen molar-refractivity contribution >= 4 is 33.6 Å². The summed E-state index contributed by atoms with van der Waals surface area (Å²) in [6, 6.07) is 31.7. The van der Waals surface area contributed by atoms with Crippen molar-refractivity contribution < 1.29 is 70.6 Å². The molecule has 1 fully saturated rings. The molecule has 1 aliphatic rings. The van der Waals surface area contributed by atoms with Gasteiger partial charge in [-0.05, 0) is 90.4 Å². The topological polar surface area (TPSA) is 231 Å². The van der Waals surface area contributed by atoms with Crippen LogP contribution in [0.1, 0.15) is 36.8 Å². The summed E-state index contributed by atoms with van der Waals surface area (Å²) in [5.74, 6) is 1.61. The lowest BCUT2D eigenvalue weighted by Crippen LogP contribution is -2.39. The van der Waals surface area contributed by atoms with Crippen LogP contribution in [-0.2, 0) is 79.2 Å². The van der Waals surface area contributed by atoms with Crippen LogP contribution in [0.5, 0.6) is 11.5 Å². The van der Waals surface area contributed by atoms with Gasteiger partial charge in [0.1, 0.15) is 23.9 Å². The van der Waals surface area contributed by atoms with Gasteiger partial charge in [-0.1, -0.05) is 54.6 Å². The fourth-order valence-corrected chi connectivity index (χ4v) is 9.96. The number of hydrogen-bond donors (Lipinski definition) is 2. The molecule has 0 saturated carbocycles. The molecule has 1 unspecified atom stereocenters. The van der Waals surface area contributed by atoms with Crippen LogP contribution in [0.25, 0.3) is 22.3 Å². The number of nitrogens with zero attached hydrogens (tertiary/aromatic N) is 4. The maximum absolute atomic E-state index is 13.0. The molecule has 21 nitrogen and oxygen atoms in total. The van der Waals surface area contributed by atoms with Crippen molar-refractivity contribution in [3.05, 3.63) is 108 Å². The van der Waals surface area contributed by atoms with Gasteiger partial charge in [-0.25, -0.2) is 9.19 Å². The predicted octanol–water partition coefficient (Wildman–Crippen LogP) is 7.61. The third-order valence-electron chi connectivity index (χ3n) is 13.0. The van der Waals surface area contributed by atoms with Crippen LogP contribution in [0.2, 0.25) is 0 Å². The zero-order valence-corrected chi connectivity index (χ0v) is 50.1. The molecule has 4 aromatic carbocycles. The molecule has 1 amide bonds. The molecule has 0 bridgehead atoms. The number of hydrogen-bond acceptors (Lipinski definition) is 20. The molecule has 1 aromatic heterocycles. The second-order valence-corrected chi connectivity index (χ2v) is 21.0. The van der Waals surface area contributed by atoms with Gasteiger partial charge < -0.3 is 71.8 Å². The first-order chi connectivity index (χ1) is 41.5. The van der Waals surface area contributed by atoms with Crippen molar-refractivity contribution in [3.8, 4) is 39.8 Å². The number of likely N-dealkylation sites (tertiary alicyclic amines) is 1. The monoisotopic (exact) mass is 1200 g/mol. The summed E-state index contributed by atoms with van der Waals surface area (Å²) in [7, 11) is -0.00170. The van der Waals surface area contributed by atoms with Gasteiger partial charge in [0.25, 0.3) is 0 Å². The average Bonchev–Trinajstić information content (AvgIpc) is 3.68. The lowest BCUT2D eigenvalue weighted by molar-refractivity contribution is -0.133. The van der Waals surface area contributed by atoms with Crippen molar-refractivity contribution in [3.63, 3.8) is 0 Å². The van der Waals surface area contributed by atoms with Gasteiger partial charge >= 0.3 is 0 Å². The number of amides is 1. The van der Waals surface area contributed by atoms with Gasteiger partial charge in [-0.2, -0.15) is 9.64 Å². The summed E-state index contributed by atoms with van der Waals surface area (Å²) >= 11 is 1.10. The van der Waals surface area contributed by atoms with Gasteiger partial charge in [0.05, 0.1) is 169 Å². The summed E-state index contributed by atoms with van der Waals surface area (Å²) < 4.78 is 91.9. The number of nitrogens with one attached hydrogen (secondary N) is 2. The molecule has 2 heterocycles. The molecule has 2 N–H and O–H groups in total. The summed E-state index contributed by atoms with van der Waals surface area (Å²) in [5, 5.41) is 14.2. The normalized spacial score (nSPS) is 13.1. The van der Waals surface area contributed by atoms with Crippen LogP contribution >= 0.6 is 11.5 Å². The molecule has 23 heteroatoms. The summed E-state index contributed by atoms with van der Waals surface area (Å²) in [6.45, 7) is 14.3. The Labute approximate surface area is 501 Å². The third kappa shape index (κ3) is 27.8. The number of ether oxygens (including phenoxy) is 13. The second kappa shape index (κ2) is 43.3.